The van der Waals surface area contributed by atoms with E-state index in [0.717, 1.165) is 24.7 Å². The summed E-state index contributed by atoms with van der Waals surface area (Å²) in [7, 11) is 0. The van der Waals surface area contributed by atoms with Gasteiger partial charge in [0.2, 0.25) is 0 Å². The predicted octanol–water partition coefficient (Wildman–Crippen LogP) is 2.13. The maximum absolute atomic E-state index is 5.58. The van der Waals surface area contributed by atoms with Gasteiger partial charge in [0.25, 0.3) is 0 Å². The fourth-order valence-corrected chi connectivity index (χ4v) is 1.86. The minimum atomic E-state index is 0.311. The van der Waals surface area contributed by atoms with E-state index < -0.39 is 0 Å². The molecule has 82 valence electrons. The molecule has 1 aromatic carbocycles. The summed E-state index contributed by atoms with van der Waals surface area (Å²) in [4.78, 5) is 0. The molecule has 1 unspecified atom stereocenters. The van der Waals surface area contributed by atoms with Crippen molar-refractivity contribution in [2.45, 2.75) is 19.9 Å². The molecule has 15 heavy (non-hydrogen) atoms. The van der Waals surface area contributed by atoms with Crippen molar-refractivity contribution in [3.63, 3.8) is 0 Å². The molecule has 0 aromatic heterocycles. The van der Waals surface area contributed by atoms with Crippen molar-refractivity contribution in [2.75, 3.05) is 19.8 Å². The Labute approximate surface area is 90.4 Å². The summed E-state index contributed by atoms with van der Waals surface area (Å²) in [5.41, 5.74) is 1.21. The van der Waals surface area contributed by atoms with E-state index in [9.17, 15) is 0 Å². The topological polar surface area (TPSA) is 30.5 Å². The molecule has 1 aromatic rings. The molecule has 0 bridgehead atoms. The molecular formula is C12H17NO2. The zero-order valence-corrected chi connectivity index (χ0v) is 9.25. The number of fused-ring (bicyclic) bond motifs is 1. The van der Waals surface area contributed by atoms with Crippen molar-refractivity contribution in [3.8, 4) is 11.5 Å². The van der Waals surface area contributed by atoms with Gasteiger partial charge in [-0.05, 0) is 31.7 Å². The number of likely N-dealkylation sites (N-methyl/N-ethyl adjacent to an activating group) is 1. The summed E-state index contributed by atoms with van der Waals surface area (Å²) in [6, 6.07) is 6.32. The molecule has 3 heteroatoms. The summed E-state index contributed by atoms with van der Waals surface area (Å²) in [6.07, 6.45) is 0. The molecule has 0 fully saturated rings. The number of benzene rings is 1. The van der Waals surface area contributed by atoms with Crippen LogP contribution in [0, 0.1) is 0 Å². The molecule has 1 aliphatic heterocycles. The molecule has 0 saturated carbocycles. The lowest BCUT2D eigenvalue weighted by Gasteiger charge is -2.10. The Balaban J connectivity index is 2.21. The average molecular weight is 207 g/mol. The normalized spacial score (nSPS) is 18.4. The van der Waals surface area contributed by atoms with Gasteiger partial charge in [0.15, 0.2) is 0 Å². The van der Waals surface area contributed by atoms with Crippen molar-refractivity contribution in [2.24, 2.45) is 0 Å². The van der Waals surface area contributed by atoms with Crippen LogP contribution in [0.25, 0.3) is 0 Å². The van der Waals surface area contributed by atoms with E-state index >= 15 is 0 Å². The summed E-state index contributed by atoms with van der Waals surface area (Å²) in [5, 5.41) is 3.39. The summed E-state index contributed by atoms with van der Waals surface area (Å²) in [5.74, 6) is 1.90. The SMILES string of the molecule is CCNC1COc2ccc(OCC)cc21. The van der Waals surface area contributed by atoms with E-state index in [0.29, 0.717) is 12.6 Å². The molecule has 0 saturated heterocycles. The van der Waals surface area contributed by atoms with Crippen LogP contribution < -0.4 is 14.8 Å². The van der Waals surface area contributed by atoms with Crippen LogP contribution >= 0.6 is 0 Å². The molecule has 0 spiro atoms. The highest BCUT2D eigenvalue weighted by atomic mass is 16.5. The smallest absolute Gasteiger partial charge is 0.124 e. The molecule has 0 aliphatic carbocycles. The van der Waals surface area contributed by atoms with Crippen molar-refractivity contribution in [3.05, 3.63) is 23.8 Å². The van der Waals surface area contributed by atoms with Gasteiger partial charge in [-0.15, -0.1) is 0 Å². The minimum Gasteiger partial charge on any atom is -0.494 e. The Hall–Kier alpha value is -1.22. The first-order chi connectivity index (χ1) is 7.35. The second-order valence-electron chi connectivity index (χ2n) is 3.55. The monoisotopic (exact) mass is 207 g/mol. The van der Waals surface area contributed by atoms with Crippen LogP contribution in [0.15, 0.2) is 18.2 Å². The number of hydrogen-bond acceptors (Lipinski definition) is 3. The predicted molar refractivity (Wildman–Crippen MR) is 59.5 cm³/mol. The van der Waals surface area contributed by atoms with E-state index in [2.05, 4.69) is 18.3 Å². The first-order valence-electron chi connectivity index (χ1n) is 5.48. The Morgan fingerprint density at radius 3 is 3.07 bits per heavy atom. The Bertz CT molecular complexity index is 336. The van der Waals surface area contributed by atoms with Crippen LogP contribution in [0.1, 0.15) is 25.5 Å². The highest BCUT2D eigenvalue weighted by Crippen LogP contribution is 2.34. The van der Waals surface area contributed by atoms with Crippen LogP contribution in [0.2, 0.25) is 0 Å². The van der Waals surface area contributed by atoms with Crippen molar-refractivity contribution < 1.29 is 9.47 Å². The second kappa shape index (κ2) is 4.53. The molecule has 1 aliphatic rings. The van der Waals surface area contributed by atoms with Crippen LogP contribution in [0.4, 0.5) is 0 Å². The third-order valence-corrected chi connectivity index (χ3v) is 2.52. The maximum atomic E-state index is 5.58. The molecule has 3 nitrogen and oxygen atoms in total. The van der Waals surface area contributed by atoms with Crippen molar-refractivity contribution >= 4 is 0 Å². The first-order valence-corrected chi connectivity index (χ1v) is 5.48. The third-order valence-electron chi connectivity index (χ3n) is 2.52. The van der Waals surface area contributed by atoms with E-state index in [1.165, 1.54) is 5.56 Å². The van der Waals surface area contributed by atoms with Gasteiger partial charge in [-0.3, -0.25) is 0 Å². The average Bonchev–Trinajstić information content (AvgIpc) is 2.63. The Kier molecular flexibility index (Phi) is 3.11. The molecule has 1 N–H and O–H groups in total. The number of hydrogen-bond donors (Lipinski definition) is 1. The number of nitrogens with one attached hydrogen (secondary N) is 1. The summed E-state index contributed by atoms with van der Waals surface area (Å²) >= 11 is 0. The lowest BCUT2D eigenvalue weighted by molar-refractivity contribution is 0.313. The maximum Gasteiger partial charge on any atom is 0.124 e. The van der Waals surface area contributed by atoms with Gasteiger partial charge in [-0.1, -0.05) is 6.92 Å². The van der Waals surface area contributed by atoms with Crippen LogP contribution in [-0.4, -0.2) is 19.8 Å². The third kappa shape index (κ3) is 2.07. The summed E-state index contributed by atoms with van der Waals surface area (Å²) < 4.78 is 11.1. The zero-order valence-electron chi connectivity index (χ0n) is 9.25. The van der Waals surface area contributed by atoms with E-state index in [1.807, 2.05) is 19.1 Å². The summed E-state index contributed by atoms with van der Waals surface area (Å²) in [6.45, 7) is 6.46. The van der Waals surface area contributed by atoms with Gasteiger partial charge < -0.3 is 14.8 Å². The second-order valence-corrected chi connectivity index (χ2v) is 3.55. The highest BCUT2D eigenvalue weighted by Gasteiger charge is 2.23. The van der Waals surface area contributed by atoms with Gasteiger partial charge in [0, 0.05) is 5.56 Å². The molecule has 2 rings (SSSR count). The minimum absolute atomic E-state index is 0.311. The zero-order chi connectivity index (χ0) is 10.7. The van der Waals surface area contributed by atoms with E-state index in [1.54, 1.807) is 0 Å². The molecule has 0 radical (unpaired) electrons. The van der Waals surface area contributed by atoms with Crippen LogP contribution in [-0.2, 0) is 0 Å². The number of ether oxygens (including phenoxy) is 2. The fourth-order valence-electron chi connectivity index (χ4n) is 1.86. The largest absolute Gasteiger partial charge is 0.494 e. The first kappa shape index (κ1) is 10.3. The Morgan fingerprint density at radius 2 is 2.33 bits per heavy atom. The van der Waals surface area contributed by atoms with Crippen LogP contribution in [0.3, 0.4) is 0 Å². The van der Waals surface area contributed by atoms with Gasteiger partial charge in [-0.25, -0.2) is 0 Å². The van der Waals surface area contributed by atoms with E-state index in [-0.39, 0.29) is 0 Å². The van der Waals surface area contributed by atoms with Crippen molar-refractivity contribution in [1.82, 2.24) is 5.32 Å². The Morgan fingerprint density at radius 1 is 1.47 bits per heavy atom. The lowest BCUT2D eigenvalue weighted by atomic mass is 10.1. The molecule has 1 atom stereocenters. The highest BCUT2D eigenvalue weighted by molar-refractivity contribution is 5.44. The van der Waals surface area contributed by atoms with Gasteiger partial charge in [-0.2, -0.15) is 0 Å². The van der Waals surface area contributed by atoms with Gasteiger partial charge in [0.1, 0.15) is 18.1 Å². The van der Waals surface area contributed by atoms with E-state index in [4.69, 9.17) is 9.47 Å². The van der Waals surface area contributed by atoms with Gasteiger partial charge >= 0.3 is 0 Å². The molecule has 1 heterocycles. The van der Waals surface area contributed by atoms with Crippen LogP contribution in [0.5, 0.6) is 11.5 Å². The lowest BCUT2D eigenvalue weighted by Crippen LogP contribution is -2.21. The molecule has 0 amide bonds. The number of rotatable bonds is 4. The van der Waals surface area contributed by atoms with Gasteiger partial charge in [0.05, 0.1) is 12.6 Å². The quantitative estimate of drug-likeness (QED) is 0.820. The fraction of sp³-hybridized carbons (Fsp3) is 0.500. The standard InChI is InChI=1S/C12H17NO2/c1-3-13-11-8-15-12-6-5-9(14-4-2)7-10(11)12/h5-7,11,13H,3-4,8H2,1-2H3. The van der Waals surface area contributed by atoms with Crippen molar-refractivity contribution in [1.29, 1.82) is 0 Å². The molecular weight excluding hydrogens is 190 g/mol.